The summed E-state index contributed by atoms with van der Waals surface area (Å²) in [6.45, 7) is 4.90. The molecule has 0 aliphatic rings. The minimum atomic E-state index is 0.551. The molecule has 0 unspecified atom stereocenters. The zero-order valence-electron chi connectivity index (χ0n) is 11.1. The number of hydrogen-bond acceptors (Lipinski definition) is 7. The Bertz CT molecular complexity index is 726. The van der Waals surface area contributed by atoms with Crippen LogP contribution in [0.15, 0.2) is 16.8 Å². The van der Waals surface area contributed by atoms with Gasteiger partial charge in [-0.25, -0.2) is 4.98 Å². The Hall–Kier alpha value is -1.44. The molecule has 0 aliphatic carbocycles. The van der Waals surface area contributed by atoms with E-state index in [0.717, 1.165) is 27.8 Å². The fourth-order valence-electron chi connectivity index (χ4n) is 1.84. The first-order valence-electron chi connectivity index (χ1n) is 6.09. The van der Waals surface area contributed by atoms with Crippen molar-refractivity contribution in [2.75, 3.05) is 11.1 Å². The Kier molecular flexibility index (Phi) is 3.73. The van der Waals surface area contributed by atoms with Crippen molar-refractivity contribution in [3.05, 3.63) is 33.0 Å². The number of nitrogen functional groups attached to an aromatic ring is 1. The van der Waals surface area contributed by atoms with Crippen LogP contribution in [0.4, 0.5) is 10.8 Å². The van der Waals surface area contributed by atoms with E-state index in [9.17, 15) is 0 Å². The van der Waals surface area contributed by atoms with E-state index in [4.69, 9.17) is 5.73 Å². The van der Waals surface area contributed by atoms with Crippen LogP contribution in [0.1, 0.15) is 16.1 Å². The molecule has 0 aromatic carbocycles. The standard InChI is InChI=1S/C13H14N4S3/c1-7-3-4-18-9(7)5-15-12-10(11(14)17-20-12)13-16-8(2)6-19-13/h3-4,6,15H,5H2,1-2H3,(H2,14,17). The molecule has 3 rings (SSSR count). The molecule has 0 saturated heterocycles. The van der Waals surface area contributed by atoms with E-state index in [1.807, 2.05) is 12.3 Å². The second kappa shape index (κ2) is 5.51. The van der Waals surface area contributed by atoms with Gasteiger partial charge in [-0.3, -0.25) is 0 Å². The third-order valence-corrected chi connectivity index (χ3v) is 5.75. The normalized spacial score (nSPS) is 10.9. The molecule has 0 spiro atoms. The van der Waals surface area contributed by atoms with Gasteiger partial charge in [-0.15, -0.1) is 22.7 Å². The number of aryl methyl sites for hydroxylation is 2. The number of rotatable bonds is 4. The van der Waals surface area contributed by atoms with Crippen molar-refractivity contribution in [2.45, 2.75) is 20.4 Å². The van der Waals surface area contributed by atoms with Crippen LogP contribution >= 0.6 is 34.2 Å². The van der Waals surface area contributed by atoms with Crippen molar-refractivity contribution in [1.82, 2.24) is 9.36 Å². The third kappa shape index (κ3) is 2.56. The second-order valence-corrected chi connectivity index (χ2v) is 7.08. The van der Waals surface area contributed by atoms with Gasteiger partial charge in [0.15, 0.2) is 0 Å². The topological polar surface area (TPSA) is 63.8 Å². The van der Waals surface area contributed by atoms with Crippen molar-refractivity contribution in [1.29, 1.82) is 0 Å². The number of hydrogen-bond donors (Lipinski definition) is 2. The lowest BCUT2D eigenvalue weighted by molar-refractivity contribution is 1.18. The Balaban J connectivity index is 1.86. The van der Waals surface area contributed by atoms with Gasteiger partial charge in [0, 0.05) is 16.0 Å². The highest BCUT2D eigenvalue weighted by Crippen LogP contribution is 2.38. The van der Waals surface area contributed by atoms with Gasteiger partial charge in [-0.05, 0) is 42.4 Å². The lowest BCUT2D eigenvalue weighted by Crippen LogP contribution is -1.99. The number of nitrogens with one attached hydrogen (secondary N) is 1. The highest BCUT2D eigenvalue weighted by molar-refractivity contribution is 7.15. The van der Waals surface area contributed by atoms with Gasteiger partial charge in [0.2, 0.25) is 0 Å². The summed E-state index contributed by atoms with van der Waals surface area (Å²) in [4.78, 5) is 5.84. The summed E-state index contributed by atoms with van der Waals surface area (Å²) in [6.07, 6.45) is 0. The highest BCUT2D eigenvalue weighted by atomic mass is 32.1. The molecular formula is C13H14N4S3. The van der Waals surface area contributed by atoms with Crippen LogP contribution in [-0.4, -0.2) is 9.36 Å². The molecule has 0 radical (unpaired) electrons. The summed E-state index contributed by atoms with van der Waals surface area (Å²) in [6, 6.07) is 2.13. The van der Waals surface area contributed by atoms with Crippen LogP contribution in [0.2, 0.25) is 0 Å². The molecule has 0 amide bonds. The van der Waals surface area contributed by atoms with E-state index in [0.29, 0.717) is 5.82 Å². The Morgan fingerprint density at radius 3 is 2.80 bits per heavy atom. The predicted molar refractivity (Wildman–Crippen MR) is 88.8 cm³/mol. The Morgan fingerprint density at radius 1 is 1.30 bits per heavy atom. The summed E-state index contributed by atoms with van der Waals surface area (Å²) >= 11 is 4.75. The fraction of sp³-hybridized carbons (Fsp3) is 0.231. The van der Waals surface area contributed by atoms with Gasteiger partial charge in [0.1, 0.15) is 15.8 Å². The van der Waals surface area contributed by atoms with E-state index in [-0.39, 0.29) is 0 Å². The van der Waals surface area contributed by atoms with Gasteiger partial charge >= 0.3 is 0 Å². The maximum absolute atomic E-state index is 5.99. The minimum Gasteiger partial charge on any atom is -0.382 e. The molecule has 0 aliphatic heterocycles. The molecule has 3 aromatic rings. The van der Waals surface area contributed by atoms with Crippen LogP contribution in [0.3, 0.4) is 0 Å². The summed E-state index contributed by atoms with van der Waals surface area (Å²) in [5.41, 5.74) is 9.24. The number of nitrogens with two attached hydrogens (primary N) is 1. The van der Waals surface area contributed by atoms with E-state index in [1.165, 1.54) is 22.0 Å². The van der Waals surface area contributed by atoms with Gasteiger partial charge in [0.05, 0.1) is 12.1 Å². The smallest absolute Gasteiger partial charge is 0.149 e. The van der Waals surface area contributed by atoms with Crippen molar-refractivity contribution in [3.8, 4) is 10.6 Å². The number of nitrogens with zero attached hydrogens (tertiary/aromatic N) is 2. The summed E-state index contributed by atoms with van der Waals surface area (Å²) < 4.78 is 4.25. The molecule has 4 nitrogen and oxygen atoms in total. The van der Waals surface area contributed by atoms with Crippen molar-refractivity contribution in [3.63, 3.8) is 0 Å². The van der Waals surface area contributed by atoms with Crippen molar-refractivity contribution in [2.24, 2.45) is 0 Å². The maximum Gasteiger partial charge on any atom is 0.149 e. The zero-order valence-corrected chi connectivity index (χ0v) is 13.6. The molecular weight excluding hydrogens is 308 g/mol. The lowest BCUT2D eigenvalue weighted by Gasteiger charge is -2.05. The molecule has 0 saturated carbocycles. The highest BCUT2D eigenvalue weighted by Gasteiger charge is 2.16. The van der Waals surface area contributed by atoms with Crippen molar-refractivity contribution >= 4 is 45.0 Å². The van der Waals surface area contributed by atoms with E-state index < -0.39 is 0 Å². The lowest BCUT2D eigenvalue weighted by atomic mass is 10.3. The molecule has 3 heterocycles. The summed E-state index contributed by atoms with van der Waals surface area (Å²) in [7, 11) is 0. The predicted octanol–water partition coefficient (Wildman–Crippen LogP) is 4.14. The van der Waals surface area contributed by atoms with Gasteiger partial charge in [-0.2, -0.15) is 4.37 Å². The fourth-order valence-corrected chi connectivity index (χ4v) is 4.32. The van der Waals surface area contributed by atoms with Gasteiger partial charge in [0.25, 0.3) is 0 Å². The quantitative estimate of drug-likeness (QED) is 0.758. The maximum atomic E-state index is 5.99. The van der Waals surface area contributed by atoms with Gasteiger partial charge in [-0.1, -0.05) is 0 Å². The summed E-state index contributed by atoms with van der Waals surface area (Å²) in [5, 5.41) is 9.50. The average molecular weight is 322 g/mol. The molecule has 104 valence electrons. The van der Waals surface area contributed by atoms with E-state index in [1.54, 1.807) is 22.7 Å². The van der Waals surface area contributed by atoms with Gasteiger partial charge < -0.3 is 11.1 Å². The number of thiophene rings is 1. The molecule has 0 bridgehead atoms. The van der Waals surface area contributed by atoms with Crippen LogP contribution < -0.4 is 11.1 Å². The SMILES string of the molecule is Cc1csc(-c2c(N)nsc2NCc2sccc2C)n1. The monoisotopic (exact) mass is 322 g/mol. The Labute approximate surface area is 129 Å². The van der Waals surface area contributed by atoms with Crippen LogP contribution in [0.25, 0.3) is 10.6 Å². The molecule has 20 heavy (non-hydrogen) atoms. The third-order valence-electron chi connectivity index (χ3n) is 2.93. The second-order valence-electron chi connectivity index (χ2n) is 4.45. The van der Waals surface area contributed by atoms with Crippen LogP contribution in [0, 0.1) is 13.8 Å². The van der Waals surface area contributed by atoms with Crippen LogP contribution in [-0.2, 0) is 6.54 Å². The zero-order chi connectivity index (χ0) is 14.1. The van der Waals surface area contributed by atoms with Crippen molar-refractivity contribution < 1.29 is 0 Å². The minimum absolute atomic E-state index is 0.551. The number of aromatic nitrogens is 2. The van der Waals surface area contributed by atoms with E-state index >= 15 is 0 Å². The molecule has 3 aromatic heterocycles. The molecule has 3 N–H and O–H groups in total. The summed E-state index contributed by atoms with van der Waals surface area (Å²) in [5.74, 6) is 0.551. The number of thiazole rings is 1. The number of anilines is 2. The molecule has 0 fully saturated rings. The molecule has 0 atom stereocenters. The molecule has 7 heteroatoms. The Morgan fingerprint density at radius 2 is 2.15 bits per heavy atom. The first kappa shape index (κ1) is 13.5. The van der Waals surface area contributed by atoms with E-state index in [2.05, 4.69) is 33.0 Å². The first-order valence-corrected chi connectivity index (χ1v) is 8.63. The first-order chi connectivity index (χ1) is 9.65. The average Bonchev–Trinajstić information content (AvgIpc) is 3.09. The largest absolute Gasteiger partial charge is 0.382 e. The van der Waals surface area contributed by atoms with Crippen LogP contribution in [0.5, 0.6) is 0 Å².